The molecule has 1 aromatic carbocycles. The van der Waals surface area contributed by atoms with E-state index in [0.29, 0.717) is 28.8 Å². The Morgan fingerprint density at radius 1 is 1.03 bits per heavy atom. The average Bonchev–Trinajstić information content (AvgIpc) is 3.39. The van der Waals surface area contributed by atoms with Crippen molar-refractivity contribution in [1.29, 1.82) is 0 Å². The van der Waals surface area contributed by atoms with Crippen LogP contribution in [0.3, 0.4) is 0 Å². The van der Waals surface area contributed by atoms with Gasteiger partial charge >= 0.3 is 0 Å². The van der Waals surface area contributed by atoms with Gasteiger partial charge in [-0.2, -0.15) is 0 Å². The fraction of sp³-hybridized carbons (Fsp3) is 0.483. The first-order valence-corrected chi connectivity index (χ1v) is 14.5. The standard InChI is InChI=1S/C29H37N5O3S/c1-19-26(29(37)34(33(19)3)21-14-8-5-9-15-21)31-27(36)25-22-16-10-11-17-23(22)38-28(25)30-24(35)18-32(2)20-12-6-4-7-13-20/h5,8-9,14-15,20H,4,6-7,10-13,16-18H2,1-3H3,(H,30,35)(H,31,36). The van der Waals surface area contributed by atoms with Crippen LogP contribution in [0.15, 0.2) is 35.1 Å². The maximum absolute atomic E-state index is 13.8. The van der Waals surface area contributed by atoms with Crippen LogP contribution in [0.25, 0.3) is 5.69 Å². The van der Waals surface area contributed by atoms with E-state index in [-0.39, 0.29) is 23.1 Å². The average molecular weight is 536 g/mol. The molecule has 5 rings (SSSR count). The van der Waals surface area contributed by atoms with Crippen molar-refractivity contribution in [1.82, 2.24) is 14.3 Å². The van der Waals surface area contributed by atoms with Gasteiger partial charge in [0.25, 0.3) is 11.5 Å². The highest BCUT2D eigenvalue weighted by Gasteiger charge is 2.29. The lowest BCUT2D eigenvalue weighted by molar-refractivity contribution is -0.117. The van der Waals surface area contributed by atoms with Gasteiger partial charge in [-0.1, -0.05) is 37.5 Å². The molecule has 2 aromatic heterocycles. The van der Waals surface area contributed by atoms with Crippen LogP contribution in [-0.4, -0.2) is 45.7 Å². The summed E-state index contributed by atoms with van der Waals surface area (Å²) in [4.78, 5) is 43.5. The molecule has 0 radical (unpaired) electrons. The third-order valence-corrected chi connectivity index (χ3v) is 9.24. The van der Waals surface area contributed by atoms with E-state index in [4.69, 9.17) is 0 Å². The number of nitrogens with one attached hydrogen (secondary N) is 2. The predicted octanol–water partition coefficient (Wildman–Crippen LogP) is 4.88. The topological polar surface area (TPSA) is 88.4 Å². The van der Waals surface area contributed by atoms with Gasteiger partial charge in [0.15, 0.2) is 0 Å². The van der Waals surface area contributed by atoms with Crippen molar-refractivity contribution < 1.29 is 9.59 Å². The molecular weight excluding hydrogens is 498 g/mol. The highest BCUT2D eigenvalue weighted by molar-refractivity contribution is 7.17. The molecule has 2 amide bonds. The zero-order valence-corrected chi connectivity index (χ0v) is 23.3. The number of fused-ring (bicyclic) bond motifs is 1. The second-order valence-electron chi connectivity index (χ2n) is 10.6. The number of aryl methyl sites for hydroxylation is 1. The van der Waals surface area contributed by atoms with Crippen LogP contribution in [-0.2, 0) is 24.7 Å². The van der Waals surface area contributed by atoms with Crippen LogP contribution in [0.2, 0.25) is 0 Å². The van der Waals surface area contributed by atoms with Crippen molar-refractivity contribution in [2.24, 2.45) is 7.05 Å². The highest BCUT2D eigenvalue weighted by Crippen LogP contribution is 2.38. The second kappa shape index (κ2) is 11.3. The van der Waals surface area contributed by atoms with Gasteiger partial charge < -0.3 is 10.6 Å². The molecule has 2 aliphatic rings. The van der Waals surface area contributed by atoms with Gasteiger partial charge in [0.2, 0.25) is 5.91 Å². The van der Waals surface area contributed by atoms with Gasteiger partial charge in [-0.3, -0.25) is 24.0 Å². The van der Waals surface area contributed by atoms with Crippen LogP contribution >= 0.6 is 11.3 Å². The fourth-order valence-electron chi connectivity index (χ4n) is 5.83. The van der Waals surface area contributed by atoms with Crippen molar-refractivity contribution in [2.45, 2.75) is 70.8 Å². The molecular formula is C29H37N5O3S. The Balaban J connectivity index is 1.40. The summed E-state index contributed by atoms with van der Waals surface area (Å²) in [5, 5.41) is 6.58. The Morgan fingerprint density at radius 2 is 1.74 bits per heavy atom. The first-order chi connectivity index (χ1) is 18.3. The lowest BCUT2D eigenvalue weighted by atomic mass is 9.94. The molecule has 0 atom stereocenters. The highest BCUT2D eigenvalue weighted by atomic mass is 32.1. The minimum atomic E-state index is -0.341. The van der Waals surface area contributed by atoms with E-state index in [9.17, 15) is 14.4 Å². The van der Waals surface area contributed by atoms with Crippen LogP contribution in [0.5, 0.6) is 0 Å². The normalized spacial score (nSPS) is 15.9. The Bertz CT molecular complexity index is 1380. The minimum Gasteiger partial charge on any atom is -0.316 e. The largest absolute Gasteiger partial charge is 0.316 e. The van der Waals surface area contributed by atoms with Gasteiger partial charge in [0.05, 0.1) is 23.5 Å². The summed E-state index contributed by atoms with van der Waals surface area (Å²) in [5.41, 5.74) is 2.88. The number of amides is 2. The summed E-state index contributed by atoms with van der Waals surface area (Å²) in [6, 6.07) is 9.80. The molecule has 9 heteroatoms. The van der Waals surface area contributed by atoms with Crippen LogP contribution in [0.4, 0.5) is 10.7 Å². The van der Waals surface area contributed by atoms with Gasteiger partial charge in [-0.15, -0.1) is 11.3 Å². The van der Waals surface area contributed by atoms with Crippen LogP contribution in [0, 0.1) is 6.92 Å². The number of carbonyl (C=O) groups is 2. The summed E-state index contributed by atoms with van der Waals surface area (Å²) in [5.74, 6) is -0.445. The molecule has 2 aliphatic carbocycles. The summed E-state index contributed by atoms with van der Waals surface area (Å²) >= 11 is 1.51. The number of thiophene rings is 1. The van der Waals surface area contributed by atoms with Crippen molar-refractivity contribution in [2.75, 3.05) is 24.2 Å². The molecule has 0 bridgehead atoms. The minimum absolute atomic E-state index is 0.104. The first kappa shape index (κ1) is 26.4. The van der Waals surface area contributed by atoms with Gasteiger partial charge in [-0.25, -0.2) is 4.68 Å². The number of benzene rings is 1. The number of rotatable bonds is 7. The van der Waals surface area contributed by atoms with E-state index < -0.39 is 0 Å². The molecule has 202 valence electrons. The van der Waals surface area contributed by atoms with Crippen molar-refractivity contribution >= 4 is 33.8 Å². The van der Waals surface area contributed by atoms with E-state index in [2.05, 4.69) is 15.5 Å². The maximum atomic E-state index is 13.8. The number of anilines is 2. The molecule has 38 heavy (non-hydrogen) atoms. The molecule has 0 saturated heterocycles. The summed E-state index contributed by atoms with van der Waals surface area (Å²) in [6.45, 7) is 2.12. The number of hydrogen-bond donors (Lipinski definition) is 2. The van der Waals surface area contributed by atoms with E-state index in [0.717, 1.165) is 54.7 Å². The molecule has 0 spiro atoms. The lowest BCUT2D eigenvalue weighted by Gasteiger charge is -2.30. The van der Waals surface area contributed by atoms with Crippen LogP contribution in [0.1, 0.15) is 71.4 Å². The summed E-state index contributed by atoms with van der Waals surface area (Å²) in [7, 11) is 3.82. The van der Waals surface area contributed by atoms with E-state index >= 15 is 0 Å². The number of nitrogens with zero attached hydrogens (tertiary/aromatic N) is 3. The molecule has 8 nitrogen and oxygen atoms in total. The van der Waals surface area contributed by atoms with E-state index in [1.165, 1.54) is 30.6 Å². The Labute approximate surface area is 227 Å². The van der Waals surface area contributed by atoms with E-state index in [1.54, 1.807) is 16.4 Å². The molecule has 3 aromatic rings. The Morgan fingerprint density at radius 3 is 2.47 bits per heavy atom. The molecule has 1 fully saturated rings. The zero-order valence-electron chi connectivity index (χ0n) is 22.5. The molecule has 2 heterocycles. The van der Waals surface area contributed by atoms with Gasteiger partial charge in [-0.05, 0) is 70.2 Å². The number of hydrogen-bond acceptors (Lipinski definition) is 5. The van der Waals surface area contributed by atoms with Gasteiger partial charge in [0, 0.05) is 18.0 Å². The third kappa shape index (κ3) is 5.22. The number of aromatic nitrogens is 2. The SMILES string of the molecule is Cc1c(NC(=O)c2c(NC(=O)CN(C)C3CCCCC3)sc3c2CCCC3)c(=O)n(-c2ccccc2)n1C. The van der Waals surface area contributed by atoms with Crippen molar-refractivity contribution in [3.05, 3.63) is 62.4 Å². The smallest absolute Gasteiger partial charge is 0.295 e. The van der Waals surface area contributed by atoms with Crippen LogP contribution < -0.4 is 16.2 Å². The zero-order chi connectivity index (χ0) is 26.8. The first-order valence-electron chi connectivity index (χ1n) is 13.6. The summed E-state index contributed by atoms with van der Waals surface area (Å²) < 4.78 is 3.30. The lowest BCUT2D eigenvalue weighted by Crippen LogP contribution is -2.39. The number of likely N-dealkylation sites (N-methyl/N-ethyl adjacent to an activating group) is 1. The fourth-order valence-corrected chi connectivity index (χ4v) is 7.13. The number of para-hydroxylation sites is 1. The van der Waals surface area contributed by atoms with Gasteiger partial charge in [0.1, 0.15) is 10.7 Å². The summed E-state index contributed by atoms with van der Waals surface area (Å²) in [6.07, 6.45) is 9.74. The van der Waals surface area contributed by atoms with Crippen molar-refractivity contribution in [3.63, 3.8) is 0 Å². The predicted molar refractivity (Wildman–Crippen MR) is 153 cm³/mol. The maximum Gasteiger partial charge on any atom is 0.295 e. The molecule has 0 aliphatic heterocycles. The Kier molecular flexibility index (Phi) is 7.85. The molecule has 2 N–H and O–H groups in total. The van der Waals surface area contributed by atoms with E-state index in [1.807, 2.05) is 44.3 Å². The quantitative estimate of drug-likeness (QED) is 0.451. The molecule has 0 unspecified atom stereocenters. The second-order valence-corrected chi connectivity index (χ2v) is 11.7. The Hall–Kier alpha value is -3.17. The van der Waals surface area contributed by atoms with Crippen molar-refractivity contribution in [3.8, 4) is 5.69 Å². The number of carbonyl (C=O) groups excluding carboxylic acids is 2. The monoisotopic (exact) mass is 535 g/mol. The molecule has 1 saturated carbocycles. The third-order valence-electron chi connectivity index (χ3n) is 8.04.